The molecule has 2 N–H and O–H groups in total. The molecule has 1 aromatic heterocycles. The van der Waals surface area contributed by atoms with Crippen LogP contribution in [0.2, 0.25) is 0 Å². The molecule has 26 heavy (non-hydrogen) atoms. The first kappa shape index (κ1) is 17.9. The van der Waals surface area contributed by atoms with Crippen LogP contribution in [0.1, 0.15) is 55.8 Å². The lowest BCUT2D eigenvalue weighted by atomic mass is 9.89. The van der Waals surface area contributed by atoms with Gasteiger partial charge in [0.2, 0.25) is 11.8 Å². The monoisotopic (exact) mass is 358 g/mol. The Bertz CT molecular complexity index is 832. The van der Waals surface area contributed by atoms with Gasteiger partial charge in [0, 0.05) is 12.1 Å². The topological polar surface area (TPSA) is 106 Å². The number of carbonyl (C=O) groups excluding carboxylic acids is 2. The summed E-state index contributed by atoms with van der Waals surface area (Å²) in [5, 5.41) is 13.0. The summed E-state index contributed by atoms with van der Waals surface area (Å²) < 4.78 is 11.3. The smallest absolute Gasteiger partial charge is 0.319 e. The average molecular weight is 358 g/mol. The Morgan fingerprint density at radius 3 is 2.73 bits per heavy atom. The maximum Gasteiger partial charge on any atom is 0.319 e. The quantitative estimate of drug-likeness (QED) is 0.851. The molecule has 1 atom stereocenters. The third-order valence-corrected chi connectivity index (χ3v) is 4.39. The van der Waals surface area contributed by atoms with Crippen LogP contribution in [0.3, 0.4) is 0 Å². The van der Waals surface area contributed by atoms with E-state index in [4.69, 9.17) is 9.15 Å². The van der Waals surface area contributed by atoms with Gasteiger partial charge in [-0.3, -0.25) is 4.79 Å². The van der Waals surface area contributed by atoms with Gasteiger partial charge in [0.1, 0.15) is 11.4 Å². The van der Waals surface area contributed by atoms with Crippen LogP contribution in [0.4, 0.5) is 10.5 Å². The molecule has 0 spiro atoms. The first-order valence-corrected chi connectivity index (χ1v) is 8.65. The number of nitrogens with one attached hydrogen (secondary N) is 2. The van der Waals surface area contributed by atoms with Crippen molar-refractivity contribution >= 4 is 17.5 Å². The van der Waals surface area contributed by atoms with Crippen molar-refractivity contribution in [3.8, 4) is 5.75 Å². The fourth-order valence-electron chi connectivity index (χ4n) is 2.68. The van der Waals surface area contributed by atoms with Gasteiger partial charge in [0.25, 0.3) is 0 Å². The molecule has 1 aromatic carbocycles. The molecule has 2 aromatic rings. The van der Waals surface area contributed by atoms with Crippen molar-refractivity contribution in [1.82, 2.24) is 15.5 Å². The molecule has 1 unspecified atom stereocenters. The van der Waals surface area contributed by atoms with Gasteiger partial charge in [-0.2, -0.15) is 0 Å². The highest BCUT2D eigenvalue weighted by Crippen LogP contribution is 2.36. The average Bonchev–Trinajstić information content (AvgIpc) is 3.09. The van der Waals surface area contributed by atoms with Gasteiger partial charge < -0.3 is 19.8 Å². The molecule has 0 aliphatic carbocycles. The molecule has 1 aliphatic heterocycles. The number of hydrogen-bond acceptors (Lipinski definition) is 6. The molecule has 2 amide bonds. The Morgan fingerprint density at radius 2 is 2.04 bits per heavy atom. The SMILES string of the molecule is CCc1nnc(CNC(=O)Nc2ccc3c(c2)C(=O)CC(C)(CC)O3)o1. The summed E-state index contributed by atoms with van der Waals surface area (Å²) >= 11 is 0. The standard InChI is InChI=1S/C18H22N4O4/c1-4-15-21-22-16(25-15)10-19-17(24)20-11-6-7-14-12(8-11)13(23)9-18(3,5-2)26-14/h6-8H,4-5,9-10H2,1-3H3,(H2,19,20,24). The minimum Gasteiger partial charge on any atom is -0.486 e. The molecule has 8 nitrogen and oxygen atoms in total. The van der Waals surface area contributed by atoms with Gasteiger partial charge >= 0.3 is 6.03 Å². The molecule has 1 aliphatic rings. The molecule has 8 heteroatoms. The zero-order valence-electron chi connectivity index (χ0n) is 15.1. The first-order chi connectivity index (χ1) is 12.4. The summed E-state index contributed by atoms with van der Waals surface area (Å²) in [5.41, 5.74) is 0.522. The van der Waals surface area contributed by atoms with Crippen molar-refractivity contribution in [2.45, 2.75) is 52.2 Å². The Kier molecular flexibility index (Phi) is 4.92. The van der Waals surface area contributed by atoms with Crippen LogP contribution in [0, 0.1) is 0 Å². The Labute approximate surface area is 151 Å². The van der Waals surface area contributed by atoms with Crippen LogP contribution in [-0.2, 0) is 13.0 Å². The van der Waals surface area contributed by atoms with Crippen LogP contribution in [0.5, 0.6) is 5.75 Å². The van der Waals surface area contributed by atoms with E-state index in [1.54, 1.807) is 18.2 Å². The highest BCUT2D eigenvalue weighted by atomic mass is 16.5. The normalized spacial score (nSPS) is 18.8. The van der Waals surface area contributed by atoms with Crippen LogP contribution in [-0.4, -0.2) is 27.6 Å². The summed E-state index contributed by atoms with van der Waals surface area (Å²) in [7, 11) is 0. The zero-order valence-corrected chi connectivity index (χ0v) is 15.1. The minimum atomic E-state index is -0.474. The highest BCUT2D eigenvalue weighted by Gasteiger charge is 2.35. The van der Waals surface area contributed by atoms with Crippen molar-refractivity contribution < 1.29 is 18.7 Å². The van der Waals surface area contributed by atoms with Gasteiger partial charge in [-0.15, -0.1) is 10.2 Å². The maximum absolute atomic E-state index is 12.4. The number of Topliss-reactive ketones (excluding diaryl/α,β-unsaturated/α-hetero) is 1. The third kappa shape index (κ3) is 3.84. The number of carbonyl (C=O) groups is 2. The first-order valence-electron chi connectivity index (χ1n) is 8.65. The van der Waals surface area contributed by atoms with Crippen LogP contribution < -0.4 is 15.4 Å². The largest absolute Gasteiger partial charge is 0.486 e. The lowest BCUT2D eigenvalue weighted by Gasteiger charge is -2.34. The van der Waals surface area contributed by atoms with E-state index in [9.17, 15) is 9.59 Å². The van der Waals surface area contributed by atoms with Crippen LogP contribution >= 0.6 is 0 Å². The van der Waals surface area contributed by atoms with Gasteiger partial charge in [-0.1, -0.05) is 13.8 Å². The van der Waals surface area contributed by atoms with E-state index in [2.05, 4.69) is 20.8 Å². The van der Waals surface area contributed by atoms with Crippen molar-refractivity contribution in [1.29, 1.82) is 0 Å². The molecular weight excluding hydrogens is 336 g/mol. The summed E-state index contributed by atoms with van der Waals surface area (Å²) in [6.45, 7) is 5.95. The molecule has 138 valence electrons. The van der Waals surface area contributed by atoms with E-state index in [1.807, 2.05) is 20.8 Å². The van der Waals surface area contributed by atoms with Crippen molar-refractivity contribution in [2.75, 3.05) is 5.32 Å². The number of hydrogen-bond donors (Lipinski definition) is 2. The van der Waals surface area contributed by atoms with E-state index in [0.717, 1.165) is 6.42 Å². The molecule has 0 fully saturated rings. The number of amides is 2. The number of rotatable bonds is 5. The predicted molar refractivity (Wildman–Crippen MR) is 94.2 cm³/mol. The fourth-order valence-corrected chi connectivity index (χ4v) is 2.68. The van der Waals surface area contributed by atoms with Crippen LogP contribution in [0.15, 0.2) is 22.6 Å². The number of anilines is 1. The Balaban J connectivity index is 1.63. The number of urea groups is 1. The number of aryl methyl sites for hydroxylation is 1. The summed E-state index contributed by atoms with van der Waals surface area (Å²) in [4.78, 5) is 24.4. The number of ether oxygens (including phenoxy) is 1. The van der Waals surface area contributed by atoms with Crippen molar-refractivity contribution in [3.63, 3.8) is 0 Å². The molecule has 0 bridgehead atoms. The molecular formula is C18H22N4O4. The Morgan fingerprint density at radius 1 is 1.27 bits per heavy atom. The lowest BCUT2D eigenvalue weighted by Crippen LogP contribution is -2.38. The second kappa shape index (κ2) is 7.15. The molecule has 3 rings (SSSR count). The lowest BCUT2D eigenvalue weighted by molar-refractivity contribution is 0.0499. The van der Waals surface area contributed by atoms with E-state index in [1.165, 1.54) is 0 Å². The van der Waals surface area contributed by atoms with Gasteiger partial charge in [0.05, 0.1) is 18.5 Å². The number of fused-ring (bicyclic) bond motifs is 1. The van der Waals surface area contributed by atoms with E-state index < -0.39 is 11.6 Å². The number of ketones is 1. The Hall–Kier alpha value is -2.90. The second-order valence-electron chi connectivity index (χ2n) is 6.47. The number of nitrogens with zero attached hydrogens (tertiary/aromatic N) is 2. The molecule has 2 heterocycles. The van der Waals surface area contributed by atoms with Crippen molar-refractivity contribution in [2.24, 2.45) is 0 Å². The molecule has 0 radical (unpaired) electrons. The van der Waals surface area contributed by atoms with Gasteiger partial charge in [-0.05, 0) is 31.5 Å². The third-order valence-electron chi connectivity index (χ3n) is 4.39. The number of benzene rings is 1. The summed E-state index contributed by atoms with van der Waals surface area (Å²) in [6.07, 6.45) is 1.71. The summed E-state index contributed by atoms with van der Waals surface area (Å²) in [5.74, 6) is 1.42. The molecule has 0 saturated heterocycles. The summed E-state index contributed by atoms with van der Waals surface area (Å²) in [6, 6.07) is 4.62. The van der Waals surface area contributed by atoms with Gasteiger partial charge in [-0.25, -0.2) is 4.79 Å². The van der Waals surface area contributed by atoms with E-state index in [0.29, 0.717) is 41.6 Å². The van der Waals surface area contributed by atoms with Crippen LogP contribution in [0.25, 0.3) is 0 Å². The maximum atomic E-state index is 12.4. The van der Waals surface area contributed by atoms with E-state index >= 15 is 0 Å². The number of aromatic nitrogens is 2. The highest BCUT2D eigenvalue weighted by molar-refractivity contribution is 6.02. The fraction of sp³-hybridized carbons (Fsp3) is 0.444. The minimum absolute atomic E-state index is 0.0117. The van der Waals surface area contributed by atoms with Gasteiger partial charge in [0.15, 0.2) is 5.78 Å². The predicted octanol–water partition coefficient (Wildman–Crippen LogP) is 3.09. The zero-order chi connectivity index (χ0) is 18.7. The van der Waals surface area contributed by atoms with E-state index in [-0.39, 0.29) is 12.3 Å². The molecule has 0 saturated carbocycles. The second-order valence-corrected chi connectivity index (χ2v) is 6.47. The van der Waals surface area contributed by atoms with Crippen molar-refractivity contribution in [3.05, 3.63) is 35.5 Å².